The monoisotopic (exact) mass is 346 g/mol. The van der Waals surface area contributed by atoms with Crippen LogP contribution in [0.1, 0.15) is 30.9 Å². The number of hydrogen-bond donors (Lipinski definition) is 2. The average molecular weight is 346 g/mol. The summed E-state index contributed by atoms with van der Waals surface area (Å²) >= 11 is 0. The van der Waals surface area contributed by atoms with Gasteiger partial charge in [0.25, 0.3) is 0 Å². The van der Waals surface area contributed by atoms with Crippen LogP contribution in [0.5, 0.6) is 0 Å². The highest BCUT2D eigenvalue weighted by Crippen LogP contribution is 2.18. The number of nitrogens with one attached hydrogen (secondary N) is 2. The zero-order valence-corrected chi connectivity index (χ0v) is 14.2. The fourth-order valence-corrected chi connectivity index (χ4v) is 3.41. The van der Waals surface area contributed by atoms with Crippen LogP contribution in [0.3, 0.4) is 0 Å². The van der Waals surface area contributed by atoms with Crippen LogP contribution in [0.2, 0.25) is 0 Å². The van der Waals surface area contributed by atoms with Gasteiger partial charge >= 0.3 is 5.76 Å². The molecule has 3 aromatic rings. The minimum absolute atomic E-state index is 0.0524. The van der Waals surface area contributed by atoms with E-state index in [-0.39, 0.29) is 17.0 Å². The Morgan fingerprint density at radius 2 is 1.83 bits per heavy atom. The van der Waals surface area contributed by atoms with E-state index in [9.17, 15) is 13.2 Å². The quantitative estimate of drug-likeness (QED) is 0.743. The average Bonchev–Trinajstić information content (AvgIpc) is 2.92. The predicted molar refractivity (Wildman–Crippen MR) is 91.4 cm³/mol. The Morgan fingerprint density at radius 3 is 2.50 bits per heavy atom. The maximum Gasteiger partial charge on any atom is 0.417 e. The van der Waals surface area contributed by atoms with Crippen LogP contribution in [-0.2, 0) is 16.6 Å². The minimum atomic E-state index is -3.69. The second-order valence-corrected chi connectivity index (χ2v) is 7.66. The number of benzene rings is 2. The molecule has 1 aromatic heterocycles. The highest BCUT2D eigenvalue weighted by atomic mass is 32.2. The first kappa shape index (κ1) is 16.5. The van der Waals surface area contributed by atoms with Gasteiger partial charge < -0.3 is 4.42 Å². The van der Waals surface area contributed by atoms with Crippen LogP contribution in [0.4, 0.5) is 0 Å². The van der Waals surface area contributed by atoms with E-state index in [1.807, 2.05) is 24.3 Å². The van der Waals surface area contributed by atoms with Crippen molar-refractivity contribution in [2.75, 3.05) is 0 Å². The van der Waals surface area contributed by atoms with Gasteiger partial charge in [-0.25, -0.2) is 17.9 Å². The lowest BCUT2D eigenvalue weighted by atomic mass is 10.0. The van der Waals surface area contributed by atoms with E-state index in [0.29, 0.717) is 11.4 Å². The van der Waals surface area contributed by atoms with Gasteiger partial charge in [-0.2, -0.15) is 0 Å². The molecule has 0 spiro atoms. The molecule has 126 valence electrons. The second kappa shape index (κ2) is 6.26. The smallest absolute Gasteiger partial charge is 0.408 e. The molecule has 0 bridgehead atoms. The largest absolute Gasteiger partial charge is 0.417 e. The van der Waals surface area contributed by atoms with Crippen LogP contribution < -0.4 is 10.5 Å². The Morgan fingerprint density at radius 1 is 1.12 bits per heavy atom. The van der Waals surface area contributed by atoms with Gasteiger partial charge in [0.1, 0.15) is 0 Å². The summed E-state index contributed by atoms with van der Waals surface area (Å²) in [6.07, 6.45) is 0. The van der Waals surface area contributed by atoms with Gasteiger partial charge in [0.2, 0.25) is 10.0 Å². The Balaban J connectivity index is 1.78. The van der Waals surface area contributed by atoms with Crippen molar-refractivity contribution in [1.29, 1.82) is 0 Å². The Labute approximate surface area is 139 Å². The van der Waals surface area contributed by atoms with Gasteiger partial charge in [0, 0.05) is 12.6 Å². The lowest BCUT2D eigenvalue weighted by Gasteiger charge is -2.09. The molecular formula is C17H18N2O4S. The van der Waals surface area contributed by atoms with Gasteiger partial charge in [-0.05, 0) is 29.2 Å². The minimum Gasteiger partial charge on any atom is -0.408 e. The molecule has 0 amide bonds. The van der Waals surface area contributed by atoms with E-state index in [2.05, 4.69) is 23.6 Å². The van der Waals surface area contributed by atoms with Crippen molar-refractivity contribution in [3.05, 3.63) is 64.1 Å². The van der Waals surface area contributed by atoms with Gasteiger partial charge in [-0.15, -0.1) is 0 Å². The van der Waals surface area contributed by atoms with E-state index in [1.54, 1.807) is 0 Å². The van der Waals surface area contributed by atoms with Gasteiger partial charge in [-0.1, -0.05) is 38.1 Å². The fraction of sp³-hybridized carbons (Fsp3) is 0.235. The van der Waals surface area contributed by atoms with Crippen molar-refractivity contribution < 1.29 is 12.8 Å². The van der Waals surface area contributed by atoms with Gasteiger partial charge in [0.05, 0.1) is 10.4 Å². The first-order valence-corrected chi connectivity index (χ1v) is 9.05. The number of aromatic nitrogens is 1. The fourth-order valence-electron chi connectivity index (χ4n) is 2.37. The number of H-pyrrole nitrogens is 1. The molecule has 2 aromatic carbocycles. The molecule has 24 heavy (non-hydrogen) atoms. The standard InChI is InChI=1S/C17H18N2O4S/c1-11(2)13-5-3-12(4-6-13)10-18-24(21,22)14-7-8-15-16(9-14)23-17(20)19-15/h3-9,11,18H,10H2,1-2H3,(H,19,20). The van der Waals surface area contributed by atoms with E-state index in [0.717, 1.165) is 5.56 Å². The maximum absolute atomic E-state index is 12.4. The summed E-state index contributed by atoms with van der Waals surface area (Å²) < 4.78 is 32.2. The molecule has 1 heterocycles. The third-order valence-corrected chi connectivity index (χ3v) is 5.21. The number of oxazole rings is 1. The van der Waals surface area contributed by atoms with Gasteiger partial charge in [-0.3, -0.25) is 4.98 Å². The van der Waals surface area contributed by atoms with E-state index < -0.39 is 15.8 Å². The third-order valence-electron chi connectivity index (χ3n) is 3.82. The van der Waals surface area contributed by atoms with Crippen LogP contribution in [0.15, 0.2) is 56.6 Å². The summed E-state index contributed by atoms with van der Waals surface area (Å²) in [7, 11) is -3.69. The van der Waals surface area contributed by atoms with Crippen molar-refractivity contribution in [2.24, 2.45) is 0 Å². The molecule has 0 radical (unpaired) electrons. The van der Waals surface area contributed by atoms with E-state index >= 15 is 0 Å². The molecule has 6 nitrogen and oxygen atoms in total. The SMILES string of the molecule is CC(C)c1ccc(CNS(=O)(=O)c2ccc3[nH]c(=O)oc3c2)cc1. The summed E-state index contributed by atoms with van der Waals surface area (Å²) in [5, 5.41) is 0. The molecule has 2 N–H and O–H groups in total. The van der Waals surface area contributed by atoms with Crippen LogP contribution >= 0.6 is 0 Å². The Bertz CT molecular complexity index is 1010. The molecule has 3 rings (SSSR count). The lowest BCUT2D eigenvalue weighted by molar-refractivity contribution is 0.553. The zero-order valence-electron chi connectivity index (χ0n) is 13.4. The lowest BCUT2D eigenvalue weighted by Crippen LogP contribution is -2.23. The van der Waals surface area contributed by atoms with Crippen LogP contribution in [-0.4, -0.2) is 13.4 Å². The molecule has 0 saturated carbocycles. The van der Waals surface area contributed by atoms with Crippen LogP contribution in [0.25, 0.3) is 11.1 Å². The normalized spacial score (nSPS) is 12.1. The molecular weight excluding hydrogens is 328 g/mol. The summed E-state index contributed by atoms with van der Waals surface area (Å²) in [4.78, 5) is 13.7. The molecule has 0 saturated heterocycles. The van der Waals surface area contributed by atoms with Crippen molar-refractivity contribution in [3.8, 4) is 0 Å². The number of aromatic amines is 1. The zero-order chi connectivity index (χ0) is 17.3. The molecule has 7 heteroatoms. The third kappa shape index (κ3) is 3.42. The highest BCUT2D eigenvalue weighted by molar-refractivity contribution is 7.89. The van der Waals surface area contributed by atoms with Crippen molar-refractivity contribution in [1.82, 2.24) is 9.71 Å². The Kier molecular flexibility index (Phi) is 4.29. The molecule has 0 atom stereocenters. The molecule has 0 aliphatic heterocycles. The Hall–Kier alpha value is -2.38. The maximum atomic E-state index is 12.4. The summed E-state index contributed by atoms with van der Waals surface area (Å²) in [6.45, 7) is 4.40. The van der Waals surface area contributed by atoms with Crippen LogP contribution in [0, 0.1) is 0 Å². The van der Waals surface area contributed by atoms with Crippen molar-refractivity contribution in [2.45, 2.75) is 31.2 Å². The molecule has 0 aliphatic carbocycles. The first-order chi connectivity index (χ1) is 11.3. The number of sulfonamides is 1. The molecule has 0 unspecified atom stereocenters. The van der Waals surface area contributed by atoms with Crippen molar-refractivity contribution in [3.63, 3.8) is 0 Å². The number of hydrogen-bond acceptors (Lipinski definition) is 4. The molecule has 0 aliphatic rings. The van der Waals surface area contributed by atoms with Crippen molar-refractivity contribution >= 4 is 21.1 Å². The topological polar surface area (TPSA) is 92.2 Å². The number of fused-ring (bicyclic) bond motifs is 1. The molecule has 0 fully saturated rings. The van der Waals surface area contributed by atoms with Gasteiger partial charge in [0.15, 0.2) is 5.58 Å². The summed E-state index contributed by atoms with van der Waals surface area (Å²) in [5.74, 6) is -0.184. The summed E-state index contributed by atoms with van der Waals surface area (Å²) in [6, 6.07) is 12.1. The first-order valence-electron chi connectivity index (χ1n) is 7.56. The number of rotatable bonds is 5. The predicted octanol–water partition coefficient (Wildman–Crippen LogP) is 2.72. The second-order valence-electron chi connectivity index (χ2n) is 5.89. The highest BCUT2D eigenvalue weighted by Gasteiger charge is 2.15. The summed E-state index contributed by atoms with van der Waals surface area (Å²) in [5.41, 5.74) is 2.75. The van der Waals surface area contributed by atoms with E-state index in [4.69, 9.17) is 4.42 Å². The van der Waals surface area contributed by atoms with E-state index in [1.165, 1.54) is 23.8 Å².